The van der Waals surface area contributed by atoms with Gasteiger partial charge in [-0.1, -0.05) is 81.9 Å². The fraction of sp³-hybridized carbons (Fsp3) is 0.433. The van der Waals surface area contributed by atoms with Crippen LogP contribution in [-0.4, -0.2) is 39.3 Å². The van der Waals surface area contributed by atoms with Gasteiger partial charge < -0.3 is 9.30 Å². The zero-order valence-electron chi connectivity index (χ0n) is 23.6. The molecule has 0 unspecified atom stereocenters. The molecule has 0 fully saturated rings. The summed E-state index contributed by atoms with van der Waals surface area (Å²) in [6.07, 6.45) is 5.31. The van der Waals surface area contributed by atoms with E-state index in [-0.39, 0.29) is 5.75 Å². The second-order valence-corrected chi connectivity index (χ2v) is 18.6. The van der Waals surface area contributed by atoms with E-state index in [2.05, 4.69) is 60.1 Å². The lowest BCUT2D eigenvalue weighted by Crippen LogP contribution is -2.31. The van der Waals surface area contributed by atoms with Gasteiger partial charge in [0.15, 0.2) is 0 Å². The molecule has 0 atom stereocenters. The van der Waals surface area contributed by atoms with Crippen molar-refractivity contribution in [3.63, 3.8) is 0 Å². The van der Waals surface area contributed by atoms with Gasteiger partial charge in [0, 0.05) is 43.3 Å². The molecule has 1 heterocycles. The Morgan fingerprint density at radius 3 is 2.45 bits per heavy atom. The number of hydrogen-bond acceptors (Lipinski definition) is 4. The third-order valence-corrected chi connectivity index (χ3v) is 9.82. The van der Waals surface area contributed by atoms with Crippen LogP contribution >= 0.6 is 0 Å². The number of nitrogens with zero attached hydrogens (tertiary/aromatic N) is 1. The number of aromatic nitrogens is 1. The van der Waals surface area contributed by atoms with Crippen LogP contribution in [0.5, 0.6) is 0 Å². The molecule has 1 amide bonds. The number of sulfonamides is 1. The number of nitrogens with one attached hydrogen (secondary N) is 1. The molecule has 0 spiro atoms. The number of amides is 1. The van der Waals surface area contributed by atoms with Crippen LogP contribution in [0.15, 0.2) is 48.5 Å². The van der Waals surface area contributed by atoms with Crippen LogP contribution < -0.4 is 4.72 Å². The highest BCUT2D eigenvalue weighted by molar-refractivity contribution is 7.90. The summed E-state index contributed by atoms with van der Waals surface area (Å²) in [6.45, 7) is 14.2. The molecule has 1 N–H and O–H groups in total. The molecule has 3 aromatic rings. The van der Waals surface area contributed by atoms with Crippen LogP contribution in [0.2, 0.25) is 25.7 Å². The molecular formula is C30H42N2O4SSi. The first-order valence-corrected chi connectivity index (χ1v) is 18.8. The van der Waals surface area contributed by atoms with E-state index in [0.29, 0.717) is 19.8 Å². The highest BCUT2D eigenvalue weighted by Crippen LogP contribution is 2.37. The third-order valence-electron chi connectivity index (χ3n) is 6.78. The van der Waals surface area contributed by atoms with Crippen molar-refractivity contribution in [2.24, 2.45) is 0 Å². The van der Waals surface area contributed by atoms with E-state index in [1.807, 2.05) is 32.0 Å². The molecule has 1 aromatic heterocycles. The topological polar surface area (TPSA) is 77.4 Å². The lowest BCUT2D eigenvalue weighted by atomic mass is 9.95. The Hall–Kier alpha value is -2.68. The van der Waals surface area contributed by atoms with Crippen molar-refractivity contribution in [3.05, 3.63) is 65.5 Å². The highest BCUT2D eigenvalue weighted by atomic mass is 32.2. The first-order chi connectivity index (χ1) is 17.9. The molecule has 0 radical (unpaired) electrons. The van der Waals surface area contributed by atoms with Crippen LogP contribution in [0.1, 0.15) is 43.1 Å². The van der Waals surface area contributed by atoms with E-state index in [1.165, 1.54) is 6.08 Å². The molecule has 0 aliphatic heterocycles. The molecule has 8 heteroatoms. The van der Waals surface area contributed by atoms with E-state index in [9.17, 15) is 13.2 Å². The maximum absolute atomic E-state index is 12.6. The van der Waals surface area contributed by atoms with E-state index in [0.717, 1.165) is 57.7 Å². The van der Waals surface area contributed by atoms with Crippen molar-refractivity contribution in [2.45, 2.75) is 72.4 Å². The average molecular weight is 555 g/mol. The molecule has 206 valence electrons. The zero-order valence-corrected chi connectivity index (χ0v) is 25.5. The smallest absolute Gasteiger partial charge is 0.257 e. The molecule has 0 bridgehead atoms. The Kier molecular flexibility index (Phi) is 10.1. The van der Waals surface area contributed by atoms with Gasteiger partial charge in [-0.2, -0.15) is 0 Å². The van der Waals surface area contributed by atoms with Gasteiger partial charge in [-0.3, -0.25) is 4.79 Å². The molecule has 0 saturated heterocycles. The van der Waals surface area contributed by atoms with Crippen LogP contribution in [0.4, 0.5) is 0 Å². The van der Waals surface area contributed by atoms with Gasteiger partial charge >= 0.3 is 0 Å². The number of fused-ring (bicyclic) bond motifs is 1. The molecule has 3 rings (SSSR count). The Morgan fingerprint density at radius 2 is 1.74 bits per heavy atom. The number of unbranched alkanes of at least 4 members (excludes halogenated alkanes) is 2. The van der Waals surface area contributed by atoms with Gasteiger partial charge in [-0.25, -0.2) is 13.1 Å². The van der Waals surface area contributed by atoms with Gasteiger partial charge in [-0.15, -0.1) is 0 Å². The van der Waals surface area contributed by atoms with Crippen LogP contribution in [-0.2, 0) is 26.3 Å². The van der Waals surface area contributed by atoms with Crippen LogP contribution in [0, 0.1) is 13.8 Å². The van der Waals surface area contributed by atoms with E-state index >= 15 is 0 Å². The minimum atomic E-state index is -3.66. The Morgan fingerprint density at radius 1 is 1.03 bits per heavy atom. The van der Waals surface area contributed by atoms with Gasteiger partial charge in [0.1, 0.15) is 6.73 Å². The molecule has 38 heavy (non-hydrogen) atoms. The fourth-order valence-corrected chi connectivity index (χ4v) is 6.38. The largest absolute Gasteiger partial charge is 0.361 e. The SMILES string of the molecule is CCCCCS(=O)(=O)NC(=O)/C=C/c1c(-c2cccc3ccccc23)c(C)n(COCC[Si](C)(C)C)c1C. The number of carbonyl (C=O) groups is 1. The fourth-order valence-electron chi connectivity index (χ4n) is 4.56. The molecule has 6 nitrogen and oxygen atoms in total. The van der Waals surface area contributed by atoms with Crippen molar-refractivity contribution in [3.8, 4) is 11.1 Å². The first-order valence-electron chi connectivity index (χ1n) is 13.4. The normalized spacial score (nSPS) is 12.5. The maximum Gasteiger partial charge on any atom is 0.257 e. The maximum atomic E-state index is 12.6. The van der Waals surface area contributed by atoms with Crippen molar-refractivity contribution in [2.75, 3.05) is 12.4 Å². The minimum absolute atomic E-state index is 0.0506. The summed E-state index contributed by atoms with van der Waals surface area (Å²) in [5, 5.41) is 2.25. The van der Waals surface area contributed by atoms with Gasteiger partial charge in [0.2, 0.25) is 10.0 Å². The Labute approximate surface area is 229 Å². The Balaban J connectivity index is 1.98. The molecule has 0 aliphatic carbocycles. The van der Waals surface area contributed by atoms with Crippen LogP contribution in [0.3, 0.4) is 0 Å². The van der Waals surface area contributed by atoms with Gasteiger partial charge in [-0.05, 0) is 48.7 Å². The minimum Gasteiger partial charge on any atom is -0.361 e. The van der Waals surface area contributed by atoms with E-state index < -0.39 is 24.0 Å². The highest BCUT2D eigenvalue weighted by Gasteiger charge is 2.20. The molecular weight excluding hydrogens is 512 g/mol. The zero-order chi connectivity index (χ0) is 27.9. The summed E-state index contributed by atoms with van der Waals surface area (Å²) < 4.78 is 35.1. The molecule has 0 aliphatic rings. The van der Waals surface area contributed by atoms with E-state index in [4.69, 9.17) is 4.74 Å². The summed E-state index contributed by atoms with van der Waals surface area (Å²) in [5.41, 5.74) is 4.97. The number of rotatable bonds is 13. The predicted octanol–water partition coefficient (Wildman–Crippen LogP) is 6.89. The molecule has 0 saturated carbocycles. The average Bonchev–Trinajstić information content (AvgIpc) is 3.08. The lowest BCUT2D eigenvalue weighted by Gasteiger charge is -2.16. The lowest BCUT2D eigenvalue weighted by molar-refractivity contribution is -0.114. The summed E-state index contributed by atoms with van der Waals surface area (Å²) in [4.78, 5) is 12.6. The monoisotopic (exact) mass is 554 g/mol. The van der Waals surface area contributed by atoms with E-state index in [1.54, 1.807) is 6.08 Å². The van der Waals surface area contributed by atoms with Crippen molar-refractivity contribution in [1.82, 2.24) is 9.29 Å². The van der Waals surface area contributed by atoms with Crippen molar-refractivity contribution < 1.29 is 17.9 Å². The van der Waals surface area contributed by atoms with Crippen LogP contribution in [0.25, 0.3) is 28.0 Å². The second kappa shape index (κ2) is 12.9. The number of benzene rings is 2. The standard InChI is InChI=1S/C30H42N2O4SSi/c1-7-8-11-20-37(34,35)31-29(33)18-17-26-23(2)32(22-36-19-21-38(4,5)6)24(3)30(26)28-16-12-14-25-13-9-10-15-27(25)28/h9-10,12-18H,7-8,11,19-22H2,1-6H3,(H,31,33)/b18-17+. The number of ether oxygens (including phenoxy) is 1. The predicted molar refractivity (Wildman–Crippen MR) is 161 cm³/mol. The first kappa shape index (κ1) is 29.9. The van der Waals surface area contributed by atoms with Gasteiger partial charge in [0.05, 0.1) is 5.75 Å². The number of carbonyl (C=O) groups excluding carboxylic acids is 1. The Bertz CT molecular complexity index is 1400. The van der Waals surface area contributed by atoms with Crippen molar-refractivity contribution >= 4 is 40.9 Å². The third kappa shape index (κ3) is 7.91. The molecule has 2 aromatic carbocycles. The summed E-state index contributed by atoms with van der Waals surface area (Å²) in [7, 11) is -4.87. The summed E-state index contributed by atoms with van der Waals surface area (Å²) in [5.74, 6) is -0.688. The quantitative estimate of drug-likeness (QED) is 0.142. The summed E-state index contributed by atoms with van der Waals surface area (Å²) in [6, 6.07) is 15.5. The second-order valence-electron chi connectivity index (χ2n) is 11.1. The number of hydrogen-bond donors (Lipinski definition) is 1. The van der Waals surface area contributed by atoms with Crippen molar-refractivity contribution in [1.29, 1.82) is 0 Å². The van der Waals surface area contributed by atoms with Gasteiger partial charge in [0.25, 0.3) is 5.91 Å². The summed E-state index contributed by atoms with van der Waals surface area (Å²) >= 11 is 0.